The van der Waals surface area contributed by atoms with E-state index < -0.39 is 6.04 Å². The Labute approximate surface area is 178 Å². The Bertz CT molecular complexity index is 832. The molecular weight excluding hydrogens is 380 g/mol. The maximum Gasteiger partial charge on any atom is 0.255 e. The summed E-state index contributed by atoms with van der Waals surface area (Å²) in [5, 5.41) is 5.80. The van der Waals surface area contributed by atoms with Crippen LogP contribution in [0.3, 0.4) is 0 Å². The van der Waals surface area contributed by atoms with Crippen molar-refractivity contribution in [2.24, 2.45) is 5.92 Å². The highest BCUT2D eigenvalue weighted by Gasteiger charge is 2.39. The number of piperidine rings is 2. The quantitative estimate of drug-likeness (QED) is 0.695. The third-order valence-corrected chi connectivity index (χ3v) is 6.40. The summed E-state index contributed by atoms with van der Waals surface area (Å²) in [4.78, 5) is 40.9. The summed E-state index contributed by atoms with van der Waals surface area (Å²) in [5.41, 5.74) is 2.81. The van der Waals surface area contributed by atoms with Gasteiger partial charge in [0.25, 0.3) is 5.91 Å². The number of carbonyl (C=O) groups is 3. The molecule has 4 rings (SSSR count). The van der Waals surface area contributed by atoms with Crippen molar-refractivity contribution in [3.8, 4) is 0 Å². The third-order valence-electron chi connectivity index (χ3n) is 6.40. The zero-order valence-corrected chi connectivity index (χ0v) is 17.9. The molecule has 1 aromatic rings. The predicted molar refractivity (Wildman–Crippen MR) is 114 cm³/mol. The lowest BCUT2D eigenvalue weighted by molar-refractivity contribution is -0.136. The molecule has 2 saturated heterocycles. The summed E-state index contributed by atoms with van der Waals surface area (Å²) in [6.45, 7) is 8.92. The SMILES string of the molecule is CC(C)CN(Cc1ccc2c(c1)C(=O)N(C1CCC(=O)NC1=O)C2)C1CCNCC1. The molecule has 3 aliphatic rings. The second-order valence-corrected chi connectivity index (χ2v) is 9.20. The summed E-state index contributed by atoms with van der Waals surface area (Å²) >= 11 is 0. The van der Waals surface area contributed by atoms with E-state index in [4.69, 9.17) is 0 Å². The lowest BCUT2D eigenvalue weighted by Crippen LogP contribution is -2.52. The number of rotatable bonds is 6. The molecule has 0 aromatic heterocycles. The van der Waals surface area contributed by atoms with Gasteiger partial charge < -0.3 is 10.2 Å². The molecule has 0 aliphatic carbocycles. The highest BCUT2D eigenvalue weighted by atomic mass is 16.2. The first-order valence-electron chi connectivity index (χ1n) is 11.1. The first-order chi connectivity index (χ1) is 14.4. The number of nitrogens with one attached hydrogen (secondary N) is 2. The van der Waals surface area contributed by atoms with E-state index in [0.29, 0.717) is 30.5 Å². The summed E-state index contributed by atoms with van der Waals surface area (Å²) in [5.74, 6) is -0.134. The van der Waals surface area contributed by atoms with Crippen molar-refractivity contribution in [1.29, 1.82) is 0 Å². The van der Waals surface area contributed by atoms with E-state index in [1.807, 2.05) is 12.1 Å². The lowest BCUT2D eigenvalue weighted by Gasteiger charge is -2.36. The van der Waals surface area contributed by atoms with Crippen LogP contribution in [0.4, 0.5) is 0 Å². The molecule has 0 saturated carbocycles. The van der Waals surface area contributed by atoms with Gasteiger partial charge in [-0.25, -0.2) is 0 Å². The van der Waals surface area contributed by atoms with Crippen LogP contribution in [0.1, 0.15) is 61.0 Å². The molecule has 162 valence electrons. The van der Waals surface area contributed by atoms with Gasteiger partial charge in [0.1, 0.15) is 6.04 Å². The van der Waals surface area contributed by atoms with E-state index in [9.17, 15) is 14.4 Å². The summed E-state index contributed by atoms with van der Waals surface area (Å²) in [6.07, 6.45) is 2.98. The van der Waals surface area contributed by atoms with Gasteiger partial charge in [-0.2, -0.15) is 0 Å². The molecule has 2 N–H and O–H groups in total. The zero-order chi connectivity index (χ0) is 21.3. The van der Waals surface area contributed by atoms with Crippen LogP contribution in [0.25, 0.3) is 0 Å². The number of fused-ring (bicyclic) bond motifs is 1. The minimum Gasteiger partial charge on any atom is -0.322 e. The van der Waals surface area contributed by atoms with Gasteiger partial charge in [0, 0.05) is 37.7 Å². The van der Waals surface area contributed by atoms with Gasteiger partial charge in [-0.3, -0.25) is 24.6 Å². The largest absolute Gasteiger partial charge is 0.322 e. The predicted octanol–water partition coefficient (Wildman–Crippen LogP) is 1.66. The summed E-state index contributed by atoms with van der Waals surface area (Å²) in [7, 11) is 0. The molecule has 0 spiro atoms. The van der Waals surface area contributed by atoms with Crippen LogP contribution < -0.4 is 10.6 Å². The molecule has 0 bridgehead atoms. The van der Waals surface area contributed by atoms with Crippen LogP contribution in [0, 0.1) is 5.92 Å². The van der Waals surface area contributed by atoms with E-state index in [2.05, 4.69) is 35.4 Å². The number of nitrogens with zero attached hydrogens (tertiary/aromatic N) is 2. The van der Waals surface area contributed by atoms with Crippen molar-refractivity contribution in [2.45, 2.75) is 64.7 Å². The van der Waals surface area contributed by atoms with Gasteiger partial charge in [-0.1, -0.05) is 26.0 Å². The number of carbonyl (C=O) groups excluding carboxylic acids is 3. The average Bonchev–Trinajstić information content (AvgIpc) is 3.04. The second-order valence-electron chi connectivity index (χ2n) is 9.20. The Morgan fingerprint density at radius 2 is 1.90 bits per heavy atom. The van der Waals surface area contributed by atoms with Gasteiger partial charge in [-0.15, -0.1) is 0 Å². The maximum absolute atomic E-state index is 13.1. The van der Waals surface area contributed by atoms with Gasteiger partial charge in [0.05, 0.1) is 0 Å². The van der Waals surface area contributed by atoms with Crippen LogP contribution >= 0.6 is 0 Å². The molecule has 30 heavy (non-hydrogen) atoms. The van der Waals surface area contributed by atoms with Crippen LogP contribution in [-0.2, 0) is 22.7 Å². The molecule has 7 nitrogen and oxygen atoms in total. The number of amides is 3. The first-order valence-corrected chi connectivity index (χ1v) is 11.1. The summed E-state index contributed by atoms with van der Waals surface area (Å²) < 4.78 is 0. The minimum absolute atomic E-state index is 0.0985. The fourth-order valence-electron chi connectivity index (χ4n) is 4.92. The van der Waals surface area contributed by atoms with Crippen molar-refractivity contribution < 1.29 is 14.4 Å². The van der Waals surface area contributed by atoms with Crippen molar-refractivity contribution in [1.82, 2.24) is 20.4 Å². The van der Waals surface area contributed by atoms with Crippen LogP contribution in [-0.4, -0.2) is 59.2 Å². The van der Waals surface area contributed by atoms with Gasteiger partial charge >= 0.3 is 0 Å². The monoisotopic (exact) mass is 412 g/mol. The van der Waals surface area contributed by atoms with Crippen molar-refractivity contribution in [3.05, 3.63) is 34.9 Å². The summed E-state index contributed by atoms with van der Waals surface area (Å²) in [6, 6.07) is 6.17. The molecule has 2 fully saturated rings. The number of benzene rings is 1. The average molecular weight is 413 g/mol. The Morgan fingerprint density at radius 3 is 2.60 bits per heavy atom. The molecule has 3 aliphatic heterocycles. The van der Waals surface area contributed by atoms with E-state index >= 15 is 0 Å². The van der Waals surface area contributed by atoms with E-state index in [1.54, 1.807) is 4.90 Å². The van der Waals surface area contributed by atoms with Crippen LogP contribution in [0.2, 0.25) is 0 Å². The van der Waals surface area contributed by atoms with Crippen LogP contribution in [0.5, 0.6) is 0 Å². The van der Waals surface area contributed by atoms with Gasteiger partial charge in [-0.05, 0) is 55.5 Å². The zero-order valence-electron chi connectivity index (χ0n) is 17.9. The highest BCUT2D eigenvalue weighted by molar-refractivity contribution is 6.05. The van der Waals surface area contributed by atoms with E-state index in [-0.39, 0.29) is 24.1 Å². The number of hydrogen-bond donors (Lipinski definition) is 2. The van der Waals surface area contributed by atoms with Crippen molar-refractivity contribution >= 4 is 17.7 Å². The van der Waals surface area contributed by atoms with Gasteiger partial charge in [0.2, 0.25) is 11.8 Å². The van der Waals surface area contributed by atoms with Crippen molar-refractivity contribution in [3.63, 3.8) is 0 Å². The Morgan fingerprint density at radius 1 is 1.13 bits per heavy atom. The highest BCUT2D eigenvalue weighted by Crippen LogP contribution is 2.29. The smallest absolute Gasteiger partial charge is 0.255 e. The molecule has 3 amide bonds. The Hall–Kier alpha value is -2.25. The number of hydrogen-bond acceptors (Lipinski definition) is 5. The molecule has 1 aromatic carbocycles. The number of imide groups is 1. The van der Waals surface area contributed by atoms with E-state index in [1.165, 1.54) is 0 Å². The normalized spacial score (nSPS) is 22.7. The fourth-order valence-corrected chi connectivity index (χ4v) is 4.92. The molecule has 0 radical (unpaired) electrons. The van der Waals surface area contributed by atoms with Crippen LogP contribution in [0.15, 0.2) is 18.2 Å². The second kappa shape index (κ2) is 8.86. The fraction of sp³-hybridized carbons (Fsp3) is 0.609. The third kappa shape index (κ3) is 4.42. The van der Waals surface area contributed by atoms with Gasteiger partial charge in [0.15, 0.2) is 0 Å². The minimum atomic E-state index is -0.557. The Kier molecular flexibility index (Phi) is 6.20. The molecular formula is C23H32N4O3. The molecule has 3 heterocycles. The van der Waals surface area contributed by atoms with E-state index in [0.717, 1.165) is 50.1 Å². The first kappa shape index (κ1) is 21.0. The Balaban J connectivity index is 1.49. The topological polar surface area (TPSA) is 81.8 Å². The molecule has 1 atom stereocenters. The van der Waals surface area contributed by atoms with Crippen molar-refractivity contribution in [2.75, 3.05) is 19.6 Å². The molecule has 7 heteroatoms. The maximum atomic E-state index is 13.1. The molecule has 1 unspecified atom stereocenters. The standard InChI is InChI=1S/C23H32N4O3/c1-15(2)12-26(18-7-9-24-10-8-18)13-16-3-4-17-14-27(23(30)19(17)11-16)20-5-6-21(28)25-22(20)29/h3-4,11,15,18,20,24H,5-10,12-14H2,1-2H3,(H,25,28,29). The lowest BCUT2D eigenvalue weighted by atomic mass is 10.0.